The highest BCUT2D eigenvalue weighted by Gasteiger charge is 2.30. The maximum Gasteiger partial charge on any atom is 0.123 e. The summed E-state index contributed by atoms with van der Waals surface area (Å²) < 4.78 is 5.92. The lowest BCUT2D eigenvalue weighted by molar-refractivity contribution is 0.138. The first-order chi connectivity index (χ1) is 9.08. The van der Waals surface area contributed by atoms with E-state index < -0.39 is 0 Å². The van der Waals surface area contributed by atoms with E-state index in [4.69, 9.17) is 10.5 Å². The maximum atomic E-state index is 6.41. The number of benzene rings is 1. The van der Waals surface area contributed by atoms with E-state index in [-0.39, 0.29) is 11.6 Å². The van der Waals surface area contributed by atoms with E-state index in [2.05, 4.69) is 59.7 Å². The summed E-state index contributed by atoms with van der Waals surface area (Å²) in [7, 11) is 0. The molecule has 0 fully saturated rings. The highest BCUT2D eigenvalue weighted by Crippen LogP contribution is 2.38. The molecule has 0 saturated heterocycles. The molecule has 0 aromatic heterocycles. The van der Waals surface area contributed by atoms with Crippen LogP contribution in [0.2, 0.25) is 0 Å². The Morgan fingerprint density at radius 1 is 1.30 bits per heavy atom. The number of nitrogens with two attached hydrogens (primary N) is 1. The van der Waals surface area contributed by atoms with E-state index in [9.17, 15) is 0 Å². The highest BCUT2D eigenvalue weighted by molar-refractivity contribution is 5.42. The summed E-state index contributed by atoms with van der Waals surface area (Å²) in [6.45, 7) is 13.4. The van der Waals surface area contributed by atoms with Crippen LogP contribution in [0.3, 0.4) is 0 Å². The van der Waals surface area contributed by atoms with Crippen LogP contribution in [0.4, 0.5) is 0 Å². The fourth-order valence-electron chi connectivity index (χ4n) is 2.73. The van der Waals surface area contributed by atoms with Crippen molar-refractivity contribution in [2.75, 3.05) is 0 Å². The van der Waals surface area contributed by atoms with Gasteiger partial charge in [0.15, 0.2) is 0 Å². The van der Waals surface area contributed by atoms with Crippen LogP contribution in [0.1, 0.15) is 65.1 Å². The largest absolute Gasteiger partial charge is 0.487 e. The predicted molar refractivity (Wildman–Crippen MR) is 85.0 cm³/mol. The fraction of sp³-hybridized carbons (Fsp3) is 0.667. The lowest BCUT2D eigenvalue weighted by Gasteiger charge is -2.29. The Hall–Kier alpha value is -1.02. The number of fused-ring (bicyclic) bond motifs is 1. The molecular formula is C18H29NO. The van der Waals surface area contributed by atoms with Crippen LogP contribution in [0.15, 0.2) is 18.2 Å². The zero-order valence-electron chi connectivity index (χ0n) is 13.8. The SMILES string of the molecule is CC(CC(N)c1ccc2c(c1)CC(C)(C)O2)C(C)(C)C. The van der Waals surface area contributed by atoms with Gasteiger partial charge in [-0.3, -0.25) is 0 Å². The molecule has 2 atom stereocenters. The second kappa shape index (κ2) is 5.07. The monoisotopic (exact) mass is 275 g/mol. The van der Waals surface area contributed by atoms with Crippen LogP contribution in [-0.2, 0) is 6.42 Å². The first-order valence-corrected chi connectivity index (χ1v) is 7.66. The molecule has 2 heteroatoms. The van der Waals surface area contributed by atoms with Gasteiger partial charge in [0.2, 0.25) is 0 Å². The van der Waals surface area contributed by atoms with Crippen LogP contribution >= 0.6 is 0 Å². The van der Waals surface area contributed by atoms with Crippen LogP contribution in [0, 0.1) is 11.3 Å². The van der Waals surface area contributed by atoms with Gasteiger partial charge in [-0.15, -0.1) is 0 Å². The molecular weight excluding hydrogens is 246 g/mol. The summed E-state index contributed by atoms with van der Waals surface area (Å²) in [5.41, 5.74) is 9.17. The number of hydrogen-bond acceptors (Lipinski definition) is 2. The molecule has 0 aliphatic carbocycles. The molecule has 2 N–H and O–H groups in total. The van der Waals surface area contributed by atoms with Gasteiger partial charge in [-0.05, 0) is 48.8 Å². The van der Waals surface area contributed by atoms with Crippen molar-refractivity contribution in [1.29, 1.82) is 0 Å². The molecule has 0 bridgehead atoms. The van der Waals surface area contributed by atoms with Crippen LogP contribution in [0.25, 0.3) is 0 Å². The molecule has 0 saturated carbocycles. The van der Waals surface area contributed by atoms with Crippen molar-refractivity contribution < 1.29 is 4.74 Å². The van der Waals surface area contributed by atoms with E-state index in [0.717, 1.165) is 18.6 Å². The summed E-state index contributed by atoms with van der Waals surface area (Å²) >= 11 is 0. The molecule has 2 rings (SSSR count). The van der Waals surface area contributed by atoms with E-state index in [1.165, 1.54) is 11.1 Å². The van der Waals surface area contributed by atoms with Gasteiger partial charge in [-0.1, -0.05) is 39.8 Å². The van der Waals surface area contributed by atoms with Gasteiger partial charge in [-0.2, -0.15) is 0 Å². The second-order valence-corrected chi connectivity index (χ2v) is 8.01. The first kappa shape index (κ1) is 15.4. The Morgan fingerprint density at radius 3 is 2.55 bits per heavy atom. The van der Waals surface area contributed by atoms with E-state index >= 15 is 0 Å². The van der Waals surface area contributed by atoms with Gasteiger partial charge in [0.25, 0.3) is 0 Å². The van der Waals surface area contributed by atoms with Crippen LogP contribution in [-0.4, -0.2) is 5.60 Å². The molecule has 20 heavy (non-hydrogen) atoms. The summed E-state index contributed by atoms with van der Waals surface area (Å²) in [5, 5.41) is 0. The topological polar surface area (TPSA) is 35.2 Å². The summed E-state index contributed by atoms with van der Waals surface area (Å²) in [6.07, 6.45) is 1.99. The van der Waals surface area contributed by atoms with Gasteiger partial charge in [-0.25, -0.2) is 0 Å². The van der Waals surface area contributed by atoms with Crippen molar-refractivity contribution in [3.05, 3.63) is 29.3 Å². The molecule has 1 heterocycles. The molecule has 112 valence electrons. The van der Waals surface area contributed by atoms with Gasteiger partial charge in [0.05, 0.1) is 0 Å². The lowest BCUT2D eigenvalue weighted by atomic mass is 9.77. The van der Waals surface area contributed by atoms with E-state index in [1.807, 2.05) is 0 Å². The van der Waals surface area contributed by atoms with Crippen molar-refractivity contribution in [2.24, 2.45) is 17.1 Å². The molecule has 1 aromatic carbocycles. The Bertz CT molecular complexity index is 485. The summed E-state index contributed by atoms with van der Waals surface area (Å²) in [5.74, 6) is 1.62. The Kier molecular flexibility index (Phi) is 3.90. The van der Waals surface area contributed by atoms with Crippen molar-refractivity contribution in [3.8, 4) is 5.75 Å². The molecule has 2 nitrogen and oxygen atoms in total. The average molecular weight is 275 g/mol. The number of ether oxygens (including phenoxy) is 1. The smallest absolute Gasteiger partial charge is 0.123 e. The molecule has 0 amide bonds. The minimum absolute atomic E-state index is 0.0796. The third kappa shape index (κ3) is 3.35. The minimum atomic E-state index is -0.0796. The van der Waals surface area contributed by atoms with Crippen molar-refractivity contribution in [2.45, 2.75) is 66.0 Å². The molecule has 1 aliphatic rings. The van der Waals surface area contributed by atoms with Crippen LogP contribution in [0.5, 0.6) is 5.75 Å². The number of hydrogen-bond donors (Lipinski definition) is 1. The summed E-state index contributed by atoms with van der Waals surface area (Å²) in [4.78, 5) is 0. The Balaban J connectivity index is 2.12. The van der Waals surface area contributed by atoms with Gasteiger partial charge in [0, 0.05) is 12.5 Å². The zero-order chi connectivity index (χ0) is 15.1. The Morgan fingerprint density at radius 2 is 1.95 bits per heavy atom. The Labute approximate surface area is 123 Å². The third-order valence-electron chi connectivity index (χ3n) is 4.60. The van der Waals surface area contributed by atoms with E-state index in [1.54, 1.807) is 0 Å². The quantitative estimate of drug-likeness (QED) is 0.883. The standard InChI is InChI=1S/C18H29NO/c1-12(17(2,3)4)9-15(19)13-7-8-16-14(10-13)11-18(5,6)20-16/h7-8,10,12,15H,9,11,19H2,1-6H3. The normalized spacial score (nSPS) is 20.1. The zero-order valence-corrected chi connectivity index (χ0v) is 13.8. The van der Waals surface area contributed by atoms with Gasteiger partial charge < -0.3 is 10.5 Å². The fourth-order valence-corrected chi connectivity index (χ4v) is 2.73. The minimum Gasteiger partial charge on any atom is -0.487 e. The number of rotatable bonds is 3. The predicted octanol–water partition coefficient (Wildman–Crippen LogP) is 4.47. The van der Waals surface area contributed by atoms with E-state index in [0.29, 0.717) is 11.3 Å². The van der Waals surface area contributed by atoms with Crippen LogP contribution < -0.4 is 10.5 Å². The highest BCUT2D eigenvalue weighted by atomic mass is 16.5. The van der Waals surface area contributed by atoms with Crippen molar-refractivity contribution in [1.82, 2.24) is 0 Å². The third-order valence-corrected chi connectivity index (χ3v) is 4.60. The first-order valence-electron chi connectivity index (χ1n) is 7.66. The van der Waals surface area contributed by atoms with Crippen molar-refractivity contribution >= 4 is 0 Å². The molecule has 2 unspecified atom stereocenters. The summed E-state index contributed by atoms with van der Waals surface area (Å²) in [6, 6.07) is 6.56. The van der Waals surface area contributed by atoms with Crippen molar-refractivity contribution in [3.63, 3.8) is 0 Å². The van der Waals surface area contributed by atoms with Gasteiger partial charge >= 0.3 is 0 Å². The molecule has 1 aromatic rings. The van der Waals surface area contributed by atoms with Gasteiger partial charge in [0.1, 0.15) is 11.4 Å². The lowest BCUT2D eigenvalue weighted by Crippen LogP contribution is -2.24. The average Bonchev–Trinajstić information content (AvgIpc) is 2.60. The maximum absolute atomic E-state index is 6.41. The molecule has 0 radical (unpaired) electrons. The molecule has 0 spiro atoms. The molecule has 1 aliphatic heterocycles. The second-order valence-electron chi connectivity index (χ2n) is 8.01.